The molecule has 24 heavy (non-hydrogen) atoms. The van der Waals surface area contributed by atoms with Crippen LogP contribution in [0.3, 0.4) is 0 Å². The molecule has 0 fully saturated rings. The average molecular weight is 349 g/mol. The molecule has 3 aromatic heterocycles. The van der Waals surface area contributed by atoms with Gasteiger partial charge < -0.3 is 8.94 Å². The van der Waals surface area contributed by atoms with Gasteiger partial charge in [-0.2, -0.15) is 0 Å². The summed E-state index contributed by atoms with van der Waals surface area (Å²) in [4.78, 5) is 5.33. The van der Waals surface area contributed by atoms with Gasteiger partial charge in [-0.3, -0.25) is 4.98 Å². The molecular formula is C19H28N2O2S. The fourth-order valence-electron chi connectivity index (χ4n) is 1.65. The summed E-state index contributed by atoms with van der Waals surface area (Å²) in [6.07, 6.45) is 5.22. The van der Waals surface area contributed by atoms with Crippen LogP contribution in [0.25, 0.3) is 0 Å². The minimum absolute atomic E-state index is 0.480. The highest BCUT2D eigenvalue weighted by molar-refractivity contribution is 7.09. The van der Waals surface area contributed by atoms with Gasteiger partial charge in [-0.25, -0.2) is 0 Å². The molecule has 0 atom stereocenters. The van der Waals surface area contributed by atoms with Gasteiger partial charge in [-0.05, 0) is 24.0 Å². The number of nitrogens with zero attached hydrogens (tertiary/aromatic N) is 2. The minimum atomic E-state index is 0.480. The van der Waals surface area contributed by atoms with Crippen molar-refractivity contribution < 1.29 is 8.94 Å². The molecule has 0 saturated carbocycles. The third-order valence-corrected chi connectivity index (χ3v) is 4.26. The first kappa shape index (κ1) is 20.2. The maximum atomic E-state index is 5.09. The van der Waals surface area contributed by atoms with E-state index in [1.54, 1.807) is 23.9 Å². The van der Waals surface area contributed by atoms with Crippen molar-refractivity contribution in [1.29, 1.82) is 0 Å². The summed E-state index contributed by atoms with van der Waals surface area (Å²) in [5.41, 5.74) is 2.89. The molecule has 3 aromatic rings. The molecule has 0 radical (unpaired) electrons. The Morgan fingerprint density at radius 2 is 1.67 bits per heavy atom. The summed E-state index contributed by atoms with van der Waals surface area (Å²) in [6, 6.07) is 5.78. The van der Waals surface area contributed by atoms with E-state index in [1.807, 2.05) is 29.9 Å². The predicted octanol–water partition coefficient (Wildman–Crippen LogP) is 6.47. The fourth-order valence-corrected chi connectivity index (χ4v) is 2.29. The molecule has 0 N–H and O–H groups in total. The number of rotatable bonds is 3. The van der Waals surface area contributed by atoms with Gasteiger partial charge in [0.05, 0.1) is 17.5 Å². The van der Waals surface area contributed by atoms with Gasteiger partial charge in [0.25, 0.3) is 0 Å². The zero-order valence-corrected chi connectivity index (χ0v) is 16.2. The third-order valence-electron chi connectivity index (χ3n) is 3.18. The van der Waals surface area contributed by atoms with E-state index in [0.29, 0.717) is 17.8 Å². The number of aromatic nitrogens is 2. The van der Waals surface area contributed by atoms with Crippen molar-refractivity contribution in [2.45, 2.75) is 59.3 Å². The van der Waals surface area contributed by atoms with Crippen LogP contribution >= 0.6 is 11.3 Å². The molecular weight excluding hydrogens is 320 g/mol. The molecule has 132 valence electrons. The Bertz CT molecular complexity index is 522. The lowest BCUT2D eigenvalue weighted by molar-refractivity contribution is 0.408. The molecule has 3 rings (SSSR count). The molecule has 0 amide bonds. The average Bonchev–Trinajstić information content (AvgIpc) is 3.29. The molecule has 0 aliphatic carbocycles. The molecule has 3 heterocycles. The minimum Gasteiger partial charge on any atom is -0.469 e. The number of thiazole rings is 1. The second kappa shape index (κ2) is 10.8. The van der Waals surface area contributed by atoms with Crippen LogP contribution in [-0.2, 0) is 0 Å². The number of furan rings is 1. The van der Waals surface area contributed by atoms with Crippen molar-refractivity contribution >= 4 is 11.3 Å². The molecule has 0 bridgehead atoms. The van der Waals surface area contributed by atoms with Crippen LogP contribution < -0.4 is 0 Å². The van der Waals surface area contributed by atoms with Crippen LogP contribution in [0.1, 0.15) is 75.6 Å². The first-order chi connectivity index (χ1) is 11.4. The first-order valence-electron chi connectivity index (χ1n) is 8.23. The van der Waals surface area contributed by atoms with Gasteiger partial charge in [0, 0.05) is 23.1 Å². The summed E-state index contributed by atoms with van der Waals surface area (Å²) in [5, 5.41) is 3.74. The van der Waals surface area contributed by atoms with Crippen molar-refractivity contribution in [3.8, 4) is 0 Å². The van der Waals surface area contributed by atoms with Crippen LogP contribution in [0.2, 0.25) is 0 Å². The molecule has 0 spiro atoms. The Balaban J connectivity index is 0.000000180. The molecule has 0 aliphatic heterocycles. The zero-order valence-electron chi connectivity index (χ0n) is 15.4. The van der Waals surface area contributed by atoms with Gasteiger partial charge in [0.15, 0.2) is 0 Å². The maximum absolute atomic E-state index is 5.09. The van der Waals surface area contributed by atoms with Gasteiger partial charge >= 0.3 is 0 Å². The predicted molar refractivity (Wildman–Crippen MR) is 99.6 cm³/mol. The molecule has 0 saturated heterocycles. The summed E-state index contributed by atoms with van der Waals surface area (Å²) in [5.74, 6) is 2.70. The fraction of sp³-hybridized carbons (Fsp3) is 0.474. The quantitative estimate of drug-likeness (QED) is 0.544. The zero-order chi connectivity index (χ0) is 17.9. The highest BCUT2D eigenvalue weighted by Gasteiger charge is 1.99. The first-order valence-corrected chi connectivity index (χ1v) is 9.11. The Hall–Kier alpha value is -1.88. The Kier molecular flexibility index (Phi) is 9.08. The molecule has 0 aromatic carbocycles. The van der Waals surface area contributed by atoms with Crippen LogP contribution in [0.4, 0.5) is 0 Å². The van der Waals surface area contributed by atoms with Crippen molar-refractivity contribution in [2.75, 3.05) is 0 Å². The van der Waals surface area contributed by atoms with Crippen molar-refractivity contribution in [2.24, 2.45) is 0 Å². The number of hydrogen-bond donors (Lipinski definition) is 0. The van der Waals surface area contributed by atoms with E-state index in [4.69, 9.17) is 4.42 Å². The molecule has 4 nitrogen and oxygen atoms in total. The van der Waals surface area contributed by atoms with E-state index in [0.717, 1.165) is 11.5 Å². The SMILES string of the molecule is CC(C)c1ccco1.CC(C)c1ccon1.CC(C)c1cncs1. The van der Waals surface area contributed by atoms with Gasteiger partial charge in [-0.1, -0.05) is 46.7 Å². The molecule has 5 heteroatoms. The Labute approximate surface area is 148 Å². The molecule has 0 aliphatic rings. The van der Waals surface area contributed by atoms with Crippen LogP contribution in [-0.4, -0.2) is 10.1 Å². The van der Waals surface area contributed by atoms with Crippen LogP contribution in [0.5, 0.6) is 0 Å². The topological polar surface area (TPSA) is 52.1 Å². The highest BCUT2D eigenvalue weighted by Crippen LogP contribution is 2.17. The van der Waals surface area contributed by atoms with Gasteiger partial charge in [-0.15, -0.1) is 11.3 Å². The Morgan fingerprint density at radius 1 is 0.917 bits per heavy atom. The summed E-state index contributed by atoms with van der Waals surface area (Å²) >= 11 is 1.72. The highest BCUT2D eigenvalue weighted by atomic mass is 32.1. The van der Waals surface area contributed by atoms with E-state index in [-0.39, 0.29) is 0 Å². The van der Waals surface area contributed by atoms with Gasteiger partial charge in [0.2, 0.25) is 0 Å². The smallest absolute Gasteiger partial charge is 0.124 e. The monoisotopic (exact) mass is 348 g/mol. The maximum Gasteiger partial charge on any atom is 0.124 e. The lowest BCUT2D eigenvalue weighted by Gasteiger charge is -1.94. The summed E-state index contributed by atoms with van der Waals surface area (Å²) in [6.45, 7) is 12.7. The van der Waals surface area contributed by atoms with Crippen molar-refractivity contribution in [1.82, 2.24) is 10.1 Å². The second-order valence-electron chi connectivity index (χ2n) is 6.31. The van der Waals surface area contributed by atoms with Crippen LogP contribution in [0.15, 0.2) is 51.4 Å². The summed E-state index contributed by atoms with van der Waals surface area (Å²) < 4.78 is 9.72. The van der Waals surface area contributed by atoms with Crippen LogP contribution in [0, 0.1) is 0 Å². The summed E-state index contributed by atoms with van der Waals surface area (Å²) in [7, 11) is 0. The molecule has 0 unspecified atom stereocenters. The van der Waals surface area contributed by atoms with E-state index in [2.05, 4.69) is 56.2 Å². The lowest BCUT2D eigenvalue weighted by Crippen LogP contribution is -1.83. The largest absolute Gasteiger partial charge is 0.469 e. The van der Waals surface area contributed by atoms with Crippen molar-refractivity contribution in [3.63, 3.8) is 0 Å². The lowest BCUT2D eigenvalue weighted by atomic mass is 10.1. The normalized spacial score (nSPS) is 10.4. The Morgan fingerprint density at radius 3 is 1.92 bits per heavy atom. The van der Waals surface area contributed by atoms with E-state index in [1.165, 1.54) is 4.88 Å². The van der Waals surface area contributed by atoms with Crippen molar-refractivity contribution in [3.05, 3.63) is 58.8 Å². The van der Waals surface area contributed by atoms with E-state index < -0.39 is 0 Å². The third kappa shape index (κ3) is 7.59. The van der Waals surface area contributed by atoms with Gasteiger partial charge in [0.1, 0.15) is 12.0 Å². The standard InChI is InChI=1S/C7H10O.C6H9NO.C6H9NS/c1-6(2)7-4-3-5-8-7;1-5(2)6-3-4-8-7-6;1-5(2)6-3-7-4-8-6/h3-6H,1-2H3;2*3-5H,1-2H3. The van der Waals surface area contributed by atoms with E-state index >= 15 is 0 Å². The number of hydrogen-bond acceptors (Lipinski definition) is 5. The van der Waals surface area contributed by atoms with E-state index in [9.17, 15) is 0 Å². The second-order valence-corrected chi connectivity index (χ2v) is 7.23.